The summed E-state index contributed by atoms with van der Waals surface area (Å²) in [5.74, 6) is 2.54. The predicted octanol–water partition coefficient (Wildman–Crippen LogP) is 2.49. The fraction of sp³-hybridized carbons (Fsp3) is 0.500. The molecule has 1 aromatic rings. The number of hydrogen-bond donors (Lipinski definition) is 2. The second-order valence-electron chi connectivity index (χ2n) is 4.12. The van der Waals surface area contributed by atoms with E-state index in [1.807, 2.05) is 30.0 Å². The van der Waals surface area contributed by atoms with Gasteiger partial charge in [0, 0.05) is 53.5 Å². The maximum absolute atomic E-state index is 5.70. The van der Waals surface area contributed by atoms with Gasteiger partial charge in [0.25, 0.3) is 0 Å². The van der Waals surface area contributed by atoms with Gasteiger partial charge in [-0.25, -0.2) is 0 Å². The number of thioether (sulfide) groups is 1. The van der Waals surface area contributed by atoms with Crippen LogP contribution in [-0.2, 0) is 0 Å². The molecule has 0 saturated carbocycles. The van der Waals surface area contributed by atoms with Gasteiger partial charge in [-0.1, -0.05) is 0 Å². The third kappa shape index (κ3) is 4.08. The van der Waals surface area contributed by atoms with Crippen LogP contribution in [0.3, 0.4) is 0 Å². The standard InChI is InChI=1S/C12H18BrN3S/c13-11-9-10(14)1-2-12(11)15-3-4-16-5-7-17-8-6-16/h1-2,9,15H,3-8,14H2. The lowest BCUT2D eigenvalue weighted by Gasteiger charge is -2.26. The highest BCUT2D eigenvalue weighted by Gasteiger charge is 2.09. The van der Waals surface area contributed by atoms with Crippen molar-refractivity contribution in [1.82, 2.24) is 4.90 Å². The third-order valence-corrected chi connectivity index (χ3v) is 4.44. The number of benzene rings is 1. The van der Waals surface area contributed by atoms with Crippen LogP contribution < -0.4 is 11.1 Å². The van der Waals surface area contributed by atoms with Crippen LogP contribution in [0.4, 0.5) is 11.4 Å². The van der Waals surface area contributed by atoms with Crippen molar-refractivity contribution in [3.63, 3.8) is 0 Å². The van der Waals surface area contributed by atoms with E-state index < -0.39 is 0 Å². The molecule has 0 atom stereocenters. The van der Waals surface area contributed by atoms with Gasteiger partial charge in [-0.05, 0) is 34.1 Å². The number of nitrogens with one attached hydrogen (secondary N) is 1. The van der Waals surface area contributed by atoms with Crippen LogP contribution in [0.5, 0.6) is 0 Å². The summed E-state index contributed by atoms with van der Waals surface area (Å²) in [6.07, 6.45) is 0. The van der Waals surface area contributed by atoms with Crippen LogP contribution >= 0.6 is 27.7 Å². The zero-order valence-corrected chi connectivity index (χ0v) is 12.2. The van der Waals surface area contributed by atoms with Gasteiger partial charge in [0.15, 0.2) is 0 Å². The second kappa shape index (κ2) is 6.52. The summed E-state index contributed by atoms with van der Waals surface area (Å²) >= 11 is 5.56. The molecule has 5 heteroatoms. The maximum atomic E-state index is 5.70. The molecule has 0 amide bonds. The highest BCUT2D eigenvalue weighted by molar-refractivity contribution is 9.10. The molecule has 0 bridgehead atoms. The van der Waals surface area contributed by atoms with Crippen molar-refractivity contribution in [1.29, 1.82) is 0 Å². The topological polar surface area (TPSA) is 41.3 Å². The molecule has 1 saturated heterocycles. The lowest BCUT2D eigenvalue weighted by Crippen LogP contribution is -2.36. The predicted molar refractivity (Wildman–Crippen MR) is 80.8 cm³/mol. The Kier molecular flexibility index (Phi) is 5.00. The first kappa shape index (κ1) is 13.1. The minimum atomic E-state index is 0.787. The summed E-state index contributed by atoms with van der Waals surface area (Å²) < 4.78 is 1.03. The Morgan fingerprint density at radius 2 is 2.12 bits per heavy atom. The lowest BCUT2D eigenvalue weighted by atomic mass is 10.3. The summed E-state index contributed by atoms with van der Waals surface area (Å²) in [6.45, 7) is 4.52. The van der Waals surface area contributed by atoms with Crippen molar-refractivity contribution in [3.8, 4) is 0 Å². The largest absolute Gasteiger partial charge is 0.399 e. The molecule has 3 nitrogen and oxygen atoms in total. The number of nitrogen functional groups attached to an aromatic ring is 1. The molecule has 0 unspecified atom stereocenters. The Labute approximate surface area is 115 Å². The van der Waals surface area contributed by atoms with E-state index in [2.05, 4.69) is 26.1 Å². The third-order valence-electron chi connectivity index (χ3n) is 2.84. The fourth-order valence-electron chi connectivity index (χ4n) is 1.85. The molecule has 1 aliphatic heterocycles. The van der Waals surface area contributed by atoms with Gasteiger partial charge < -0.3 is 11.1 Å². The number of anilines is 2. The highest BCUT2D eigenvalue weighted by Crippen LogP contribution is 2.24. The van der Waals surface area contributed by atoms with E-state index in [4.69, 9.17) is 5.73 Å². The van der Waals surface area contributed by atoms with E-state index in [1.54, 1.807) is 0 Å². The van der Waals surface area contributed by atoms with Gasteiger partial charge >= 0.3 is 0 Å². The number of nitrogens with zero attached hydrogens (tertiary/aromatic N) is 1. The maximum Gasteiger partial charge on any atom is 0.0486 e. The van der Waals surface area contributed by atoms with E-state index in [-0.39, 0.29) is 0 Å². The molecule has 1 fully saturated rings. The summed E-state index contributed by atoms with van der Waals surface area (Å²) in [7, 11) is 0. The molecule has 0 aliphatic carbocycles. The quantitative estimate of drug-likeness (QED) is 0.838. The first-order valence-corrected chi connectivity index (χ1v) is 7.79. The van der Waals surface area contributed by atoms with Crippen LogP contribution in [0.1, 0.15) is 0 Å². The zero-order chi connectivity index (χ0) is 12.1. The molecule has 3 N–H and O–H groups in total. The summed E-state index contributed by atoms with van der Waals surface area (Å²) in [4.78, 5) is 2.51. The molecule has 1 heterocycles. The zero-order valence-electron chi connectivity index (χ0n) is 9.79. The Morgan fingerprint density at radius 3 is 2.82 bits per heavy atom. The molecule has 94 valence electrons. The molecule has 2 rings (SSSR count). The first-order valence-electron chi connectivity index (χ1n) is 5.85. The Balaban J connectivity index is 1.77. The average molecular weight is 316 g/mol. The Bertz CT molecular complexity index is 367. The lowest BCUT2D eigenvalue weighted by molar-refractivity contribution is 0.314. The Hall–Kier alpha value is -0.390. The highest BCUT2D eigenvalue weighted by atomic mass is 79.9. The normalized spacial score (nSPS) is 17.0. The smallest absolute Gasteiger partial charge is 0.0486 e. The molecule has 0 radical (unpaired) electrons. The van der Waals surface area contributed by atoms with Gasteiger partial charge in [-0.15, -0.1) is 0 Å². The minimum Gasteiger partial charge on any atom is -0.399 e. The Morgan fingerprint density at radius 1 is 1.35 bits per heavy atom. The molecule has 0 aromatic heterocycles. The first-order chi connectivity index (χ1) is 8.25. The average Bonchev–Trinajstić information content (AvgIpc) is 2.33. The van der Waals surface area contributed by atoms with E-state index in [0.717, 1.165) is 28.9 Å². The fourth-order valence-corrected chi connectivity index (χ4v) is 3.36. The molecule has 17 heavy (non-hydrogen) atoms. The van der Waals surface area contributed by atoms with E-state index in [0.29, 0.717) is 0 Å². The molecule has 1 aliphatic rings. The van der Waals surface area contributed by atoms with E-state index in [1.165, 1.54) is 24.6 Å². The van der Waals surface area contributed by atoms with E-state index >= 15 is 0 Å². The van der Waals surface area contributed by atoms with Crippen LogP contribution in [0.2, 0.25) is 0 Å². The number of rotatable bonds is 4. The second-order valence-corrected chi connectivity index (χ2v) is 6.20. The van der Waals surface area contributed by atoms with Gasteiger partial charge in [-0.3, -0.25) is 4.90 Å². The van der Waals surface area contributed by atoms with Gasteiger partial charge in [0.2, 0.25) is 0 Å². The molecule has 1 aromatic carbocycles. The van der Waals surface area contributed by atoms with Crippen molar-refractivity contribution >= 4 is 39.1 Å². The van der Waals surface area contributed by atoms with Crippen LogP contribution in [0, 0.1) is 0 Å². The number of nitrogens with two attached hydrogens (primary N) is 1. The summed E-state index contributed by atoms with van der Waals surface area (Å²) in [5.41, 5.74) is 7.61. The van der Waals surface area contributed by atoms with Crippen molar-refractivity contribution in [2.24, 2.45) is 0 Å². The van der Waals surface area contributed by atoms with Crippen molar-refractivity contribution in [3.05, 3.63) is 22.7 Å². The van der Waals surface area contributed by atoms with Crippen LogP contribution in [0.15, 0.2) is 22.7 Å². The number of hydrogen-bond acceptors (Lipinski definition) is 4. The SMILES string of the molecule is Nc1ccc(NCCN2CCSCC2)c(Br)c1. The van der Waals surface area contributed by atoms with Gasteiger partial charge in [0.1, 0.15) is 0 Å². The number of halogens is 1. The van der Waals surface area contributed by atoms with Crippen molar-refractivity contribution in [2.45, 2.75) is 0 Å². The molecule has 0 spiro atoms. The summed E-state index contributed by atoms with van der Waals surface area (Å²) in [6, 6.07) is 5.87. The molecular weight excluding hydrogens is 298 g/mol. The van der Waals surface area contributed by atoms with Crippen LogP contribution in [0.25, 0.3) is 0 Å². The monoisotopic (exact) mass is 315 g/mol. The minimum absolute atomic E-state index is 0.787. The van der Waals surface area contributed by atoms with E-state index in [9.17, 15) is 0 Å². The van der Waals surface area contributed by atoms with Crippen molar-refractivity contribution in [2.75, 3.05) is 48.7 Å². The van der Waals surface area contributed by atoms with Gasteiger partial charge in [-0.2, -0.15) is 11.8 Å². The van der Waals surface area contributed by atoms with Gasteiger partial charge in [0.05, 0.1) is 0 Å². The van der Waals surface area contributed by atoms with Crippen molar-refractivity contribution < 1.29 is 0 Å². The summed E-state index contributed by atoms with van der Waals surface area (Å²) in [5, 5.41) is 3.44. The molecular formula is C12H18BrN3S. The van der Waals surface area contributed by atoms with Crippen LogP contribution in [-0.4, -0.2) is 42.6 Å².